The highest BCUT2D eigenvalue weighted by Gasteiger charge is 2.15. The van der Waals surface area contributed by atoms with Crippen LogP contribution in [0.25, 0.3) is 0 Å². The minimum absolute atomic E-state index is 0.250. The Labute approximate surface area is 137 Å². The molecular formula is C17H27N2O4+. The van der Waals surface area contributed by atoms with Gasteiger partial charge in [0.15, 0.2) is 6.54 Å². The number of imide groups is 1. The van der Waals surface area contributed by atoms with Crippen LogP contribution < -0.4 is 15.0 Å². The van der Waals surface area contributed by atoms with Gasteiger partial charge in [-0.3, -0.25) is 10.1 Å². The highest BCUT2D eigenvalue weighted by molar-refractivity contribution is 5.92. The summed E-state index contributed by atoms with van der Waals surface area (Å²) in [5.74, 6) is 0.544. The minimum Gasteiger partial charge on any atom is -0.493 e. The highest BCUT2D eigenvalue weighted by atomic mass is 16.5. The second-order valence-corrected chi connectivity index (χ2v) is 5.32. The Balaban J connectivity index is 2.25. The molecule has 0 aliphatic rings. The number of carbonyl (C=O) groups is 2. The first-order valence-corrected chi connectivity index (χ1v) is 8.04. The number of hydrogen-bond acceptors (Lipinski definition) is 4. The van der Waals surface area contributed by atoms with Crippen LogP contribution in [0, 0.1) is 6.92 Å². The topological polar surface area (TPSA) is 69.1 Å². The number of ether oxygens (including phenoxy) is 2. The molecule has 0 aromatic heterocycles. The van der Waals surface area contributed by atoms with E-state index >= 15 is 0 Å². The molecule has 0 spiro atoms. The van der Waals surface area contributed by atoms with Crippen LogP contribution in [0.3, 0.4) is 0 Å². The molecule has 0 radical (unpaired) electrons. The lowest BCUT2D eigenvalue weighted by atomic mass is 10.2. The van der Waals surface area contributed by atoms with Gasteiger partial charge < -0.3 is 14.4 Å². The average Bonchev–Trinajstić information content (AvgIpc) is 2.50. The fourth-order valence-corrected chi connectivity index (χ4v) is 2.16. The maximum Gasteiger partial charge on any atom is 0.414 e. The molecule has 1 aromatic carbocycles. The number of nitrogens with one attached hydrogen (secondary N) is 2. The van der Waals surface area contributed by atoms with Crippen LogP contribution in [0.4, 0.5) is 4.79 Å². The van der Waals surface area contributed by atoms with Crippen molar-refractivity contribution in [2.24, 2.45) is 0 Å². The summed E-state index contributed by atoms with van der Waals surface area (Å²) in [7, 11) is 0. The van der Waals surface area contributed by atoms with E-state index < -0.39 is 6.09 Å². The van der Waals surface area contributed by atoms with Gasteiger partial charge in [-0.05, 0) is 38.5 Å². The van der Waals surface area contributed by atoms with Crippen LogP contribution in [0.5, 0.6) is 5.75 Å². The number of carbonyl (C=O) groups excluding carboxylic acids is 2. The second-order valence-electron chi connectivity index (χ2n) is 5.32. The summed E-state index contributed by atoms with van der Waals surface area (Å²) in [6, 6.07) is 7.92. The van der Waals surface area contributed by atoms with E-state index in [-0.39, 0.29) is 19.1 Å². The molecule has 0 fully saturated rings. The lowest BCUT2D eigenvalue weighted by Crippen LogP contribution is -3.13. The summed E-state index contributed by atoms with van der Waals surface area (Å²) in [6.45, 7) is 8.44. The summed E-state index contributed by atoms with van der Waals surface area (Å²) < 4.78 is 10.4. The molecule has 6 heteroatoms. The number of hydrogen-bond donors (Lipinski definition) is 2. The van der Waals surface area contributed by atoms with Gasteiger partial charge in [-0.2, -0.15) is 0 Å². The molecule has 0 aliphatic carbocycles. The molecule has 2 amide bonds. The third-order valence-corrected chi connectivity index (χ3v) is 3.36. The van der Waals surface area contributed by atoms with Gasteiger partial charge in [-0.1, -0.05) is 12.1 Å². The summed E-state index contributed by atoms with van der Waals surface area (Å²) in [6.07, 6.45) is 0.153. The van der Waals surface area contributed by atoms with Crippen LogP contribution in [0.1, 0.15) is 25.8 Å². The van der Waals surface area contributed by atoms with Crippen LogP contribution in [-0.4, -0.2) is 44.8 Å². The second kappa shape index (κ2) is 10.6. The molecule has 128 valence electrons. The van der Waals surface area contributed by atoms with Gasteiger partial charge in [0.2, 0.25) is 0 Å². The summed E-state index contributed by atoms with van der Waals surface area (Å²) >= 11 is 0. The number of benzene rings is 1. The van der Waals surface area contributed by atoms with Gasteiger partial charge >= 0.3 is 6.09 Å². The molecule has 1 unspecified atom stereocenters. The standard InChI is InChI=1S/C17H26N2O4/c1-4-19(13-16(20)18-17(21)22-5-2)10-7-11-23-15-9-6-8-14(3)12-15/h6,8-9,12H,4-5,7,10-11,13H2,1-3H3,(H,18,20,21)/p+1. The SMILES string of the molecule is CCOC(=O)NC(=O)C[NH+](CC)CCCOc1cccc(C)c1. The van der Waals surface area contributed by atoms with Gasteiger partial charge in [0.1, 0.15) is 5.75 Å². The molecule has 1 rings (SSSR count). The molecular weight excluding hydrogens is 296 g/mol. The molecule has 0 saturated heterocycles. The maximum atomic E-state index is 11.7. The lowest BCUT2D eigenvalue weighted by Gasteiger charge is -2.17. The third kappa shape index (κ3) is 8.21. The maximum absolute atomic E-state index is 11.7. The Morgan fingerprint density at radius 1 is 1.26 bits per heavy atom. The molecule has 6 nitrogen and oxygen atoms in total. The Bertz CT molecular complexity index is 505. The van der Waals surface area contributed by atoms with Crippen molar-refractivity contribution < 1.29 is 24.0 Å². The monoisotopic (exact) mass is 323 g/mol. The van der Waals surface area contributed by atoms with E-state index in [0.29, 0.717) is 6.61 Å². The van der Waals surface area contributed by atoms with E-state index in [1.807, 2.05) is 38.1 Å². The Kier molecular flexibility index (Phi) is 8.75. The zero-order chi connectivity index (χ0) is 17.1. The highest BCUT2D eigenvalue weighted by Crippen LogP contribution is 2.12. The largest absolute Gasteiger partial charge is 0.493 e. The number of alkyl carbamates (subject to hydrolysis) is 1. The smallest absolute Gasteiger partial charge is 0.414 e. The number of quaternary nitrogens is 1. The number of aryl methyl sites for hydroxylation is 1. The minimum atomic E-state index is -0.685. The average molecular weight is 323 g/mol. The molecule has 1 aromatic rings. The lowest BCUT2D eigenvalue weighted by molar-refractivity contribution is -0.890. The Morgan fingerprint density at radius 3 is 2.70 bits per heavy atom. The third-order valence-electron chi connectivity index (χ3n) is 3.36. The van der Waals surface area contributed by atoms with Crippen LogP contribution in [0.15, 0.2) is 24.3 Å². The van der Waals surface area contributed by atoms with E-state index in [4.69, 9.17) is 4.74 Å². The molecule has 23 heavy (non-hydrogen) atoms. The van der Waals surface area contributed by atoms with Gasteiger partial charge in [0.05, 0.1) is 26.3 Å². The molecule has 2 N–H and O–H groups in total. The van der Waals surface area contributed by atoms with Crippen LogP contribution >= 0.6 is 0 Å². The van der Waals surface area contributed by atoms with Crippen molar-refractivity contribution in [3.63, 3.8) is 0 Å². The normalized spacial score (nSPS) is 11.6. The zero-order valence-electron chi connectivity index (χ0n) is 14.2. The number of likely N-dealkylation sites (N-methyl/N-ethyl adjacent to an activating group) is 1. The summed E-state index contributed by atoms with van der Waals surface area (Å²) in [5.41, 5.74) is 1.17. The fraction of sp³-hybridized carbons (Fsp3) is 0.529. The predicted molar refractivity (Wildman–Crippen MR) is 87.7 cm³/mol. The Hall–Kier alpha value is -2.08. The molecule has 0 heterocycles. The van der Waals surface area contributed by atoms with Gasteiger partial charge in [-0.15, -0.1) is 0 Å². The zero-order valence-corrected chi connectivity index (χ0v) is 14.2. The van der Waals surface area contributed by atoms with Crippen molar-refractivity contribution in [1.29, 1.82) is 0 Å². The first kappa shape index (κ1) is 19.0. The number of rotatable bonds is 9. The summed E-state index contributed by atoms with van der Waals surface area (Å²) in [4.78, 5) is 24.0. The van der Waals surface area contributed by atoms with E-state index in [1.165, 1.54) is 5.56 Å². The first-order valence-electron chi connectivity index (χ1n) is 8.04. The Morgan fingerprint density at radius 2 is 2.04 bits per heavy atom. The van der Waals surface area contributed by atoms with Gasteiger partial charge in [0, 0.05) is 6.42 Å². The molecule has 0 saturated carbocycles. The van der Waals surface area contributed by atoms with Gasteiger partial charge in [0.25, 0.3) is 5.91 Å². The first-order chi connectivity index (χ1) is 11.0. The quantitative estimate of drug-likeness (QED) is 0.664. The number of amides is 2. The van der Waals surface area contributed by atoms with Crippen LogP contribution in [-0.2, 0) is 9.53 Å². The fourth-order valence-electron chi connectivity index (χ4n) is 2.16. The van der Waals surface area contributed by atoms with Crippen LogP contribution in [0.2, 0.25) is 0 Å². The van der Waals surface area contributed by atoms with Crippen molar-refractivity contribution in [1.82, 2.24) is 5.32 Å². The summed E-state index contributed by atoms with van der Waals surface area (Å²) in [5, 5.41) is 2.22. The van der Waals surface area contributed by atoms with Crippen molar-refractivity contribution in [3.8, 4) is 5.75 Å². The van der Waals surface area contributed by atoms with Crippen molar-refractivity contribution >= 4 is 12.0 Å². The van der Waals surface area contributed by atoms with E-state index in [0.717, 1.165) is 30.2 Å². The van der Waals surface area contributed by atoms with Gasteiger partial charge in [-0.25, -0.2) is 4.79 Å². The van der Waals surface area contributed by atoms with E-state index in [2.05, 4.69) is 10.1 Å². The molecule has 0 aliphatic heterocycles. The van der Waals surface area contributed by atoms with Crippen molar-refractivity contribution in [3.05, 3.63) is 29.8 Å². The molecule has 0 bridgehead atoms. The van der Waals surface area contributed by atoms with Crippen molar-refractivity contribution in [2.75, 3.05) is 32.8 Å². The predicted octanol–water partition coefficient (Wildman–Crippen LogP) is 0.941. The van der Waals surface area contributed by atoms with E-state index in [9.17, 15) is 9.59 Å². The van der Waals surface area contributed by atoms with E-state index in [1.54, 1.807) is 6.92 Å². The van der Waals surface area contributed by atoms with Crippen molar-refractivity contribution in [2.45, 2.75) is 27.2 Å². The molecule has 1 atom stereocenters.